The molecular formula is C11H10N2O. The summed E-state index contributed by atoms with van der Waals surface area (Å²) in [6.45, 7) is 0. The summed E-state index contributed by atoms with van der Waals surface area (Å²) in [6, 6.07) is 5.56. The van der Waals surface area contributed by atoms with E-state index in [9.17, 15) is 0 Å². The average molecular weight is 187 g/mol. The normalized spacial score (nSPS) is 16.7. The van der Waals surface area contributed by atoms with Gasteiger partial charge in [-0.3, -0.25) is 4.98 Å². The van der Waals surface area contributed by atoms with E-state index in [4.69, 9.17) is 5.79 Å². The quantitative estimate of drug-likeness (QED) is 0.725. The monoisotopic (exact) mass is 187 g/mol. The van der Waals surface area contributed by atoms with E-state index in [-0.39, 0.29) is 6.24 Å². The van der Waals surface area contributed by atoms with E-state index in [2.05, 4.69) is 9.97 Å². The fourth-order valence-electron chi connectivity index (χ4n) is 1.39. The smallest absolute Gasteiger partial charge is 0.245 e. The Labute approximate surface area is 83.2 Å². The van der Waals surface area contributed by atoms with Gasteiger partial charge in [-0.15, -0.1) is 0 Å². The van der Waals surface area contributed by atoms with Gasteiger partial charge >= 0.3 is 0 Å². The maximum absolute atomic E-state index is 7.65. The zero-order chi connectivity index (χ0) is 10.3. The summed E-state index contributed by atoms with van der Waals surface area (Å²) >= 11 is 0. The van der Waals surface area contributed by atoms with E-state index < -0.39 is 0 Å². The zero-order valence-electron chi connectivity index (χ0n) is 8.60. The van der Waals surface area contributed by atoms with Crippen LogP contribution in [0, 0.1) is 0 Å². The largest absolute Gasteiger partial charge is 0.443 e. The molecule has 0 aliphatic heterocycles. The highest BCUT2D eigenvalue weighted by atomic mass is 16.3. The minimum Gasteiger partial charge on any atom is -0.443 e. The second-order valence-electron chi connectivity index (χ2n) is 3.50. The average Bonchev–Trinajstić information content (AvgIpc) is 3.04. The first-order valence-corrected chi connectivity index (χ1v) is 4.73. The molecule has 0 unspecified atom stereocenters. The van der Waals surface area contributed by atoms with Gasteiger partial charge < -0.3 is 4.42 Å². The predicted octanol–water partition coefficient (Wildman–Crippen LogP) is 2.61. The van der Waals surface area contributed by atoms with Crippen LogP contribution in [0.4, 0.5) is 0 Å². The Morgan fingerprint density at radius 2 is 2.36 bits per heavy atom. The van der Waals surface area contributed by atoms with Gasteiger partial charge in [-0.2, -0.15) is 0 Å². The van der Waals surface area contributed by atoms with Gasteiger partial charge in [-0.1, -0.05) is 6.07 Å². The van der Waals surface area contributed by atoms with Crippen molar-refractivity contribution in [1.82, 2.24) is 9.97 Å². The van der Waals surface area contributed by atoms with E-state index >= 15 is 0 Å². The van der Waals surface area contributed by atoms with Crippen LogP contribution in [0.2, 0.25) is 0 Å². The number of aromatic nitrogens is 2. The van der Waals surface area contributed by atoms with Crippen molar-refractivity contribution in [2.24, 2.45) is 0 Å². The molecule has 0 saturated heterocycles. The Morgan fingerprint density at radius 1 is 1.43 bits per heavy atom. The maximum atomic E-state index is 7.65. The van der Waals surface area contributed by atoms with Gasteiger partial charge in [0.15, 0.2) is 0 Å². The highest BCUT2D eigenvalue weighted by Crippen LogP contribution is 2.39. The van der Waals surface area contributed by atoms with Crippen molar-refractivity contribution in [3.63, 3.8) is 0 Å². The number of pyridine rings is 1. The molecule has 3 heteroatoms. The Morgan fingerprint density at radius 3 is 3.07 bits per heavy atom. The SMILES string of the molecule is [2H]c1oc(-c2ccccn2)nc1C1CC1. The molecule has 1 saturated carbocycles. The van der Waals surface area contributed by atoms with E-state index in [1.165, 1.54) is 0 Å². The molecule has 0 spiro atoms. The highest BCUT2D eigenvalue weighted by molar-refractivity contribution is 5.46. The van der Waals surface area contributed by atoms with Crippen LogP contribution in [0.15, 0.2) is 35.1 Å². The fourth-order valence-corrected chi connectivity index (χ4v) is 1.39. The Balaban J connectivity index is 2.02. The van der Waals surface area contributed by atoms with Gasteiger partial charge in [0.2, 0.25) is 5.89 Å². The third kappa shape index (κ3) is 1.31. The van der Waals surface area contributed by atoms with Gasteiger partial charge in [-0.25, -0.2) is 4.98 Å². The van der Waals surface area contributed by atoms with E-state index in [0.717, 1.165) is 18.5 Å². The molecule has 0 amide bonds. The van der Waals surface area contributed by atoms with Crippen LogP contribution in [0.3, 0.4) is 0 Å². The molecular weight excluding hydrogens is 176 g/mol. The predicted molar refractivity (Wildman–Crippen MR) is 51.7 cm³/mol. The molecule has 70 valence electrons. The molecule has 0 N–H and O–H groups in total. The van der Waals surface area contributed by atoms with Crippen LogP contribution in [-0.2, 0) is 0 Å². The van der Waals surface area contributed by atoms with Crippen LogP contribution in [-0.4, -0.2) is 9.97 Å². The van der Waals surface area contributed by atoms with Crippen LogP contribution in [0.5, 0.6) is 0 Å². The van der Waals surface area contributed by atoms with Crippen molar-refractivity contribution < 1.29 is 5.79 Å². The molecule has 2 aromatic rings. The fraction of sp³-hybridized carbons (Fsp3) is 0.273. The molecule has 0 aromatic carbocycles. The molecule has 0 atom stereocenters. The Hall–Kier alpha value is -1.64. The van der Waals surface area contributed by atoms with Crippen LogP contribution >= 0.6 is 0 Å². The minimum atomic E-state index is 0.193. The van der Waals surface area contributed by atoms with Crippen molar-refractivity contribution in [3.8, 4) is 11.6 Å². The molecule has 2 aromatic heterocycles. The number of hydrogen-bond donors (Lipinski definition) is 0. The van der Waals surface area contributed by atoms with Gasteiger partial charge in [0.25, 0.3) is 0 Å². The molecule has 2 heterocycles. The number of rotatable bonds is 2. The third-order valence-corrected chi connectivity index (χ3v) is 2.32. The lowest BCUT2D eigenvalue weighted by molar-refractivity contribution is 0.570. The van der Waals surface area contributed by atoms with Crippen molar-refractivity contribution in [1.29, 1.82) is 0 Å². The van der Waals surface area contributed by atoms with Gasteiger partial charge in [0, 0.05) is 12.1 Å². The summed E-state index contributed by atoms with van der Waals surface area (Å²) in [6.07, 6.45) is 4.14. The zero-order valence-corrected chi connectivity index (χ0v) is 7.60. The molecule has 3 rings (SSSR count). The first-order valence-electron chi connectivity index (χ1n) is 5.23. The third-order valence-electron chi connectivity index (χ3n) is 2.32. The summed E-state index contributed by atoms with van der Waals surface area (Å²) in [5, 5.41) is 0. The van der Waals surface area contributed by atoms with Crippen LogP contribution in [0.1, 0.15) is 25.8 Å². The Bertz CT molecular complexity index is 477. The van der Waals surface area contributed by atoms with E-state index in [1.807, 2.05) is 18.2 Å². The lowest BCUT2D eigenvalue weighted by Gasteiger charge is -1.90. The lowest BCUT2D eigenvalue weighted by Crippen LogP contribution is -1.83. The summed E-state index contributed by atoms with van der Waals surface area (Å²) in [5.74, 6) is 0.904. The summed E-state index contributed by atoms with van der Waals surface area (Å²) in [5.41, 5.74) is 1.48. The van der Waals surface area contributed by atoms with Crippen molar-refractivity contribution in [3.05, 3.63) is 36.3 Å². The maximum Gasteiger partial charge on any atom is 0.245 e. The molecule has 1 fully saturated rings. The Kier molecular flexibility index (Phi) is 1.42. The second-order valence-corrected chi connectivity index (χ2v) is 3.50. The van der Waals surface area contributed by atoms with Gasteiger partial charge in [-0.05, 0) is 25.0 Å². The first kappa shape index (κ1) is 6.76. The van der Waals surface area contributed by atoms with Crippen LogP contribution < -0.4 is 0 Å². The summed E-state index contributed by atoms with van der Waals surface area (Å²) in [7, 11) is 0. The number of hydrogen-bond acceptors (Lipinski definition) is 3. The highest BCUT2D eigenvalue weighted by Gasteiger charge is 2.27. The van der Waals surface area contributed by atoms with Crippen molar-refractivity contribution in [2.75, 3.05) is 0 Å². The standard InChI is InChI=1S/C11H10N2O/c1-2-6-12-9(3-1)11-13-10(7-14-11)8-4-5-8/h1-3,6-8H,4-5H2/i7D. The lowest BCUT2D eigenvalue weighted by atomic mass is 10.3. The molecule has 3 nitrogen and oxygen atoms in total. The molecule has 0 bridgehead atoms. The first-order chi connectivity index (χ1) is 7.34. The molecule has 14 heavy (non-hydrogen) atoms. The molecule has 1 aliphatic carbocycles. The summed E-state index contributed by atoms with van der Waals surface area (Å²) in [4.78, 5) is 8.47. The van der Waals surface area contributed by atoms with Crippen molar-refractivity contribution in [2.45, 2.75) is 18.8 Å². The van der Waals surface area contributed by atoms with Gasteiger partial charge in [0.05, 0.1) is 5.69 Å². The van der Waals surface area contributed by atoms with E-state index in [1.54, 1.807) is 6.20 Å². The summed E-state index contributed by atoms with van der Waals surface area (Å²) < 4.78 is 12.9. The molecule has 0 radical (unpaired) electrons. The molecule has 1 aliphatic rings. The number of nitrogens with zero attached hydrogens (tertiary/aromatic N) is 2. The van der Waals surface area contributed by atoms with Crippen molar-refractivity contribution >= 4 is 0 Å². The second kappa shape index (κ2) is 2.94. The van der Waals surface area contributed by atoms with Gasteiger partial charge in [0.1, 0.15) is 13.3 Å². The number of oxazole rings is 1. The van der Waals surface area contributed by atoms with Crippen LogP contribution in [0.25, 0.3) is 11.6 Å². The minimum absolute atomic E-state index is 0.193. The van der Waals surface area contributed by atoms with E-state index in [0.29, 0.717) is 17.5 Å². The topological polar surface area (TPSA) is 38.9 Å².